The SMILES string of the molecule is CC(=O)NCC(OC(=O)c1nccc2ccccc12)c1ccccc1. The molecule has 5 heteroatoms. The maximum atomic E-state index is 12.7. The van der Waals surface area contributed by atoms with E-state index in [1.165, 1.54) is 6.92 Å². The van der Waals surface area contributed by atoms with E-state index in [4.69, 9.17) is 4.74 Å². The molecule has 0 radical (unpaired) electrons. The molecule has 3 rings (SSSR count). The highest BCUT2D eigenvalue weighted by atomic mass is 16.5. The summed E-state index contributed by atoms with van der Waals surface area (Å²) in [5.74, 6) is -0.698. The largest absolute Gasteiger partial charge is 0.451 e. The summed E-state index contributed by atoms with van der Waals surface area (Å²) in [6.45, 7) is 1.63. The number of carbonyl (C=O) groups is 2. The molecule has 0 spiro atoms. The summed E-state index contributed by atoms with van der Waals surface area (Å²) in [6, 6.07) is 18.7. The molecule has 1 unspecified atom stereocenters. The number of ether oxygens (including phenoxy) is 1. The minimum atomic E-state index is -0.585. The van der Waals surface area contributed by atoms with E-state index in [0.717, 1.165) is 16.3 Å². The number of rotatable bonds is 5. The van der Waals surface area contributed by atoms with E-state index in [-0.39, 0.29) is 18.1 Å². The van der Waals surface area contributed by atoms with Crippen molar-refractivity contribution in [3.8, 4) is 0 Å². The summed E-state index contributed by atoms with van der Waals surface area (Å²) < 4.78 is 5.66. The topological polar surface area (TPSA) is 68.3 Å². The van der Waals surface area contributed by atoms with Crippen molar-refractivity contribution >= 4 is 22.6 Å². The molecule has 1 N–H and O–H groups in total. The number of nitrogens with zero attached hydrogens (tertiary/aromatic N) is 1. The van der Waals surface area contributed by atoms with Crippen molar-refractivity contribution in [2.75, 3.05) is 6.54 Å². The smallest absolute Gasteiger partial charge is 0.358 e. The van der Waals surface area contributed by atoms with Crippen LogP contribution in [0.15, 0.2) is 66.9 Å². The Kier molecular flexibility index (Phi) is 5.04. The van der Waals surface area contributed by atoms with E-state index < -0.39 is 12.1 Å². The van der Waals surface area contributed by atoms with Gasteiger partial charge in [-0.05, 0) is 17.0 Å². The van der Waals surface area contributed by atoms with Gasteiger partial charge in [0.15, 0.2) is 5.69 Å². The first-order chi connectivity index (χ1) is 12.1. The van der Waals surface area contributed by atoms with Crippen LogP contribution in [0.2, 0.25) is 0 Å². The van der Waals surface area contributed by atoms with E-state index in [1.807, 2.05) is 60.7 Å². The number of fused-ring (bicyclic) bond motifs is 1. The molecule has 0 aliphatic heterocycles. The minimum Gasteiger partial charge on any atom is -0.451 e. The Morgan fingerprint density at radius 2 is 1.76 bits per heavy atom. The highest BCUT2D eigenvalue weighted by Gasteiger charge is 2.20. The van der Waals surface area contributed by atoms with E-state index in [0.29, 0.717) is 0 Å². The molecule has 0 aliphatic carbocycles. The third-order valence-corrected chi connectivity index (χ3v) is 3.82. The molecule has 1 amide bonds. The number of esters is 1. The van der Waals surface area contributed by atoms with Crippen molar-refractivity contribution in [2.24, 2.45) is 0 Å². The highest BCUT2D eigenvalue weighted by Crippen LogP contribution is 2.22. The van der Waals surface area contributed by atoms with Crippen molar-refractivity contribution < 1.29 is 14.3 Å². The zero-order valence-electron chi connectivity index (χ0n) is 13.8. The standard InChI is InChI=1S/C20H18N2O3/c1-14(23)22-13-18(16-8-3-2-4-9-16)25-20(24)19-17-10-6-5-7-15(17)11-12-21-19/h2-12,18H,13H2,1H3,(H,22,23). The quantitative estimate of drug-likeness (QED) is 0.727. The van der Waals surface area contributed by atoms with Gasteiger partial charge in [-0.2, -0.15) is 0 Å². The maximum Gasteiger partial charge on any atom is 0.358 e. The van der Waals surface area contributed by atoms with Gasteiger partial charge in [0.1, 0.15) is 6.10 Å². The van der Waals surface area contributed by atoms with Crippen molar-refractivity contribution in [1.82, 2.24) is 10.3 Å². The second-order valence-electron chi connectivity index (χ2n) is 5.62. The molecule has 1 aromatic heterocycles. The Morgan fingerprint density at radius 1 is 1.04 bits per heavy atom. The fourth-order valence-corrected chi connectivity index (χ4v) is 2.60. The van der Waals surface area contributed by atoms with Crippen molar-refractivity contribution in [2.45, 2.75) is 13.0 Å². The molecule has 3 aromatic rings. The fourth-order valence-electron chi connectivity index (χ4n) is 2.60. The average Bonchev–Trinajstić information content (AvgIpc) is 2.65. The molecule has 5 nitrogen and oxygen atoms in total. The normalized spacial score (nSPS) is 11.7. The summed E-state index contributed by atoms with van der Waals surface area (Å²) in [4.78, 5) is 28.1. The second kappa shape index (κ2) is 7.57. The van der Waals surface area contributed by atoms with E-state index in [9.17, 15) is 9.59 Å². The Balaban J connectivity index is 1.87. The number of hydrogen-bond acceptors (Lipinski definition) is 4. The minimum absolute atomic E-state index is 0.180. The third kappa shape index (κ3) is 4.01. The van der Waals surface area contributed by atoms with Crippen LogP contribution in [-0.2, 0) is 9.53 Å². The molecule has 0 bridgehead atoms. The van der Waals surface area contributed by atoms with E-state index >= 15 is 0 Å². The Hall–Kier alpha value is -3.21. The van der Waals surface area contributed by atoms with Crippen LogP contribution in [-0.4, -0.2) is 23.4 Å². The first kappa shape index (κ1) is 16.6. The van der Waals surface area contributed by atoms with Crippen LogP contribution in [0.4, 0.5) is 0 Å². The number of nitrogens with one attached hydrogen (secondary N) is 1. The average molecular weight is 334 g/mol. The van der Waals surface area contributed by atoms with Crippen molar-refractivity contribution in [3.05, 3.63) is 78.1 Å². The lowest BCUT2D eigenvalue weighted by Crippen LogP contribution is -2.28. The van der Waals surface area contributed by atoms with Crippen LogP contribution in [0.5, 0.6) is 0 Å². The first-order valence-corrected chi connectivity index (χ1v) is 7.99. The number of aromatic nitrogens is 1. The Morgan fingerprint density at radius 3 is 2.52 bits per heavy atom. The molecular formula is C20H18N2O3. The molecular weight excluding hydrogens is 316 g/mol. The zero-order chi connectivity index (χ0) is 17.6. The molecule has 0 saturated heterocycles. The first-order valence-electron chi connectivity index (χ1n) is 7.99. The molecule has 0 fully saturated rings. The molecule has 1 heterocycles. The van der Waals surface area contributed by atoms with Gasteiger partial charge in [0.2, 0.25) is 5.91 Å². The van der Waals surface area contributed by atoms with Gasteiger partial charge in [0.25, 0.3) is 0 Å². The third-order valence-electron chi connectivity index (χ3n) is 3.82. The predicted molar refractivity (Wildman–Crippen MR) is 95.0 cm³/mol. The fraction of sp³-hybridized carbons (Fsp3) is 0.150. The van der Waals surface area contributed by atoms with E-state index in [1.54, 1.807) is 6.20 Å². The lowest BCUT2D eigenvalue weighted by Gasteiger charge is -2.19. The summed E-state index contributed by atoms with van der Waals surface area (Å²) >= 11 is 0. The lowest BCUT2D eigenvalue weighted by molar-refractivity contribution is -0.119. The van der Waals surface area contributed by atoms with Crippen LogP contribution in [0.25, 0.3) is 10.8 Å². The number of carbonyl (C=O) groups excluding carboxylic acids is 2. The number of amides is 1. The van der Waals surface area contributed by atoms with Crippen molar-refractivity contribution in [1.29, 1.82) is 0 Å². The van der Waals surface area contributed by atoms with Crippen molar-refractivity contribution in [3.63, 3.8) is 0 Å². The number of benzene rings is 2. The Bertz CT molecular complexity index is 888. The molecule has 2 aromatic carbocycles. The predicted octanol–water partition coefficient (Wildman–Crippen LogP) is 3.27. The molecule has 25 heavy (non-hydrogen) atoms. The molecule has 0 aliphatic rings. The summed E-state index contributed by atoms with van der Waals surface area (Å²) in [6.07, 6.45) is 1.00. The van der Waals surface area contributed by atoms with Crippen LogP contribution in [0.1, 0.15) is 29.1 Å². The van der Waals surface area contributed by atoms with Crippen LogP contribution in [0.3, 0.4) is 0 Å². The summed E-state index contributed by atoms with van der Waals surface area (Å²) in [7, 11) is 0. The van der Waals surface area contributed by atoms with Gasteiger partial charge in [-0.1, -0.05) is 54.6 Å². The number of pyridine rings is 1. The molecule has 126 valence electrons. The van der Waals surface area contributed by atoms with Gasteiger partial charge in [-0.25, -0.2) is 9.78 Å². The van der Waals surface area contributed by atoms with Crippen LogP contribution < -0.4 is 5.32 Å². The van der Waals surface area contributed by atoms with Gasteiger partial charge in [0.05, 0.1) is 6.54 Å². The lowest BCUT2D eigenvalue weighted by atomic mass is 10.1. The molecule has 0 saturated carbocycles. The maximum absolute atomic E-state index is 12.7. The monoisotopic (exact) mass is 334 g/mol. The number of hydrogen-bond donors (Lipinski definition) is 1. The van der Waals surface area contributed by atoms with Gasteiger partial charge in [-0.15, -0.1) is 0 Å². The van der Waals surface area contributed by atoms with Gasteiger partial charge in [-0.3, -0.25) is 4.79 Å². The van der Waals surface area contributed by atoms with Crippen LogP contribution >= 0.6 is 0 Å². The van der Waals surface area contributed by atoms with Crippen LogP contribution in [0, 0.1) is 0 Å². The summed E-state index contributed by atoms with van der Waals surface area (Å²) in [5, 5.41) is 4.36. The second-order valence-corrected chi connectivity index (χ2v) is 5.62. The summed E-state index contributed by atoms with van der Waals surface area (Å²) in [5.41, 5.74) is 1.08. The van der Waals surface area contributed by atoms with Gasteiger partial charge >= 0.3 is 5.97 Å². The molecule has 1 atom stereocenters. The highest BCUT2D eigenvalue weighted by molar-refractivity contribution is 6.02. The van der Waals surface area contributed by atoms with Gasteiger partial charge < -0.3 is 10.1 Å². The van der Waals surface area contributed by atoms with E-state index in [2.05, 4.69) is 10.3 Å². The Labute approximate surface area is 145 Å². The zero-order valence-corrected chi connectivity index (χ0v) is 13.8. The van der Waals surface area contributed by atoms with Gasteiger partial charge in [0, 0.05) is 18.5 Å².